The molecular formula is C52H46F10N10O5. The molecule has 0 unspecified atom stereocenters. The summed E-state index contributed by atoms with van der Waals surface area (Å²) in [6.45, 7) is -5.07. The number of nitrogens with one attached hydrogen (secondary N) is 1. The first kappa shape index (κ1) is 57.6. The first-order valence-corrected chi connectivity index (χ1v) is 22.6. The minimum Gasteiger partial charge on any atom is -0.478 e. The predicted molar refractivity (Wildman–Crippen MR) is 263 cm³/mol. The van der Waals surface area contributed by atoms with Crippen molar-refractivity contribution in [2.75, 3.05) is 24.7 Å². The highest BCUT2D eigenvalue weighted by molar-refractivity contribution is 5.95. The molecule has 4 aromatic carbocycles. The van der Waals surface area contributed by atoms with Crippen LogP contribution in [0.4, 0.5) is 55.5 Å². The third-order valence-electron chi connectivity index (χ3n) is 11.5. The van der Waals surface area contributed by atoms with E-state index in [0.717, 1.165) is 42.6 Å². The number of aromatic carboxylic acids is 1. The van der Waals surface area contributed by atoms with Crippen LogP contribution in [-0.4, -0.2) is 69.9 Å². The number of nitrogens with zero attached hydrogens (tertiary/aromatic N) is 6. The Balaban J connectivity index is 0.000000211. The van der Waals surface area contributed by atoms with Crippen molar-refractivity contribution in [3.63, 3.8) is 0 Å². The summed E-state index contributed by atoms with van der Waals surface area (Å²) in [4.78, 5) is 31.8. The number of aliphatic hydroxyl groups excluding tert-OH is 2. The van der Waals surface area contributed by atoms with Crippen LogP contribution in [0.3, 0.4) is 0 Å². The van der Waals surface area contributed by atoms with Crippen LogP contribution in [0.25, 0.3) is 44.5 Å². The van der Waals surface area contributed by atoms with Crippen molar-refractivity contribution >= 4 is 23.5 Å². The molecule has 0 spiro atoms. The van der Waals surface area contributed by atoms with E-state index in [-0.39, 0.29) is 46.1 Å². The number of nitrogen functional groups attached to an aromatic ring is 2. The van der Waals surface area contributed by atoms with E-state index in [0.29, 0.717) is 65.3 Å². The maximum atomic E-state index is 15.0. The number of pyridine rings is 2. The average Bonchev–Trinajstić information content (AvgIpc) is 4.01. The van der Waals surface area contributed by atoms with E-state index < -0.39 is 85.8 Å². The number of carboxylic acids is 1. The Morgan fingerprint density at radius 1 is 0.597 bits per heavy atom. The molecule has 15 nitrogen and oxygen atoms in total. The van der Waals surface area contributed by atoms with Gasteiger partial charge in [-0.1, -0.05) is 24.3 Å². The van der Waals surface area contributed by atoms with Gasteiger partial charge in [-0.2, -0.15) is 27.8 Å². The molecular weight excluding hydrogens is 1030 g/mol. The average molecular weight is 1080 g/mol. The quantitative estimate of drug-likeness (QED) is 0.0474. The molecule has 0 aliphatic rings. The molecule has 8 aromatic rings. The number of hydrogen-bond donors (Lipinski definition) is 7. The second kappa shape index (κ2) is 25.2. The topological polar surface area (TPSA) is 246 Å². The van der Waals surface area contributed by atoms with Crippen LogP contribution >= 0.6 is 0 Å². The second-order valence-corrected chi connectivity index (χ2v) is 16.8. The summed E-state index contributed by atoms with van der Waals surface area (Å²) < 4.78 is 133. The van der Waals surface area contributed by atoms with E-state index >= 15 is 4.39 Å². The summed E-state index contributed by atoms with van der Waals surface area (Å²) in [5.74, 6) is -5.27. The Morgan fingerprint density at radius 3 is 1.43 bits per heavy atom. The molecule has 77 heavy (non-hydrogen) atoms. The number of carboxylic acid groups (broad SMARTS) is 1. The van der Waals surface area contributed by atoms with Gasteiger partial charge in [-0.15, -0.1) is 0 Å². The number of amides is 1. The summed E-state index contributed by atoms with van der Waals surface area (Å²) >= 11 is 0. The number of aryl methyl sites for hydroxylation is 2. The lowest BCUT2D eigenvalue weighted by Gasteiger charge is -2.18. The fourth-order valence-corrected chi connectivity index (χ4v) is 7.66. The van der Waals surface area contributed by atoms with Crippen molar-refractivity contribution < 1.29 is 68.8 Å². The minimum absolute atomic E-state index is 0.0217. The van der Waals surface area contributed by atoms with Gasteiger partial charge >= 0.3 is 19.1 Å². The van der Waals surface area contributed by atoms with Crippen LogP contribution in [0.1, 0.15) is 79.5 Å². The Kier molecular flexibility index (Phi) is 18.9. The van der Waals surface area contributed by atoms with Crippen molar-refractivity contribution in [1.29, 1.82) is 0 Å². The molecule has 0 aliphatic carbocycles. The van der Waals surface area contributed by atoms with Gasteiger partial charge in [-0.25, -0.2) is 50.5 Å². The van der Waals surface area contributed by atoms with E-state index in [9.17, 15) is 54.2 Å². The third kappa shape index (κ3) is 14.0. The molecule has 0 aliphatic heterocycles. The molecule has 8 rings (SSSR count). The summed E-state index contributed by atoms with van der Waals surface area (Å²) in [7, 11) is 0. The number of benzene rings is 4. The molecule has 2 atom stereocenters. The van der Waals surface area contributed by atoms with Gasteiger partial charge in [0.05, 0.1) is 47.8 Å². The lowest BCUT2D eigenvalue weighted by molar-refractivity contribution is 0.0559. The van der Waals surface area contributed by atoms with Gasteiger partial charge in [0.1, 0.15) is 48.3 Å². The van der Waals surface area contributed by atoms with Crippen molar-refractivity contribution in [1.82, 2.24) is 34.8 Å². The van der Waals surface area contributed by atoms with Gasteiger partial charge in [0, 0.05) is 58.2 Å². The zero-order valence-corrected chi connectivity index (χ0v) is 40.4. The summed E-state index contributed by atoms with van der Waals surface area (Å²) in [6.07, 6.45) is 5.13. The molecule has 10 N–H and O–H groups in total. The van der Waals surface area contributed by atoms with E-state index in [4.69, 9.17) is 27.4 Å². The largest absolute Gasteiger partial charge is 0.478 e. The summed E-state index contributed by atoms with van der Waals surface area (Å²) in [6, 6.07) is 15.6. The SMILES string of the molecule is Cc1nn(C(F)F)cc1-c1cnc(N)c(-c2ccc(C(=O)N[C@H](CO)c3cc(F)cc(CF)c3)c(F)c2)c1.Cc1nn(C(F)F)cc1-c1cnc(N)c(-c2ccc(C(=O)O)c(F)c2)c1.N[C@H](CO)c1cc(F)cc(CF)c1. The maximum absolute atomic E-state index is 15.0. The van der Waals surface area contributed by atoms with E-state index in [2.05, 4.69) is 25.5 Å². The molecule has 0 bridgehead atoms. The molecule has 0 saturated heterocycles. The minimum atomic E-state index is -2.83. The monoisotopic (exact) mass is 1080 g/mol. The fourth-order valence-electron chi connectivity index (χ4n) is 7.66. The van der Waals surface area contributed by atoms with Crippen LogP contribution in [0.15, 0.2) is 110 Å². The van der Waals surface area contributed by atoms with Crippen molar-refractivity contribution in [3.8, 4) is 44.5 Å². The lowest BCUT2D eigenvalue weighted by atomic mass is 9.99. The third-order valence-corrected chi connectivity index (χ3v) is 11.5. The maximum Gasteiger partial charge on any atom is 0.338 e. The highest BCUT2D eigenvalue weighted by Gasteiger charge is 2.22. The standard InChI is InChI=1S/C26H22F5N5O2.C17H13F3N4O2.C9H11F2NO/c1-13-21(11-36(35-13)26(30)31)17-7-20(24(32)33-10-17)15-2-3-19(22(29)8-15)25(38)34-23(12-37)16-4-14(9-27)5-18(28)6-16;1-8-13(7-24(23-8)17(19)20)10-4-12(15(21)22-6-10)9-2-3-11(16(25)26)14(18)5-9;10-4-6-1-7(9(12)5-13)3-8(11)2-6/h2-8,10-11,23,26,37H,9,12H2,1H3,(H2,32,33)(H,34,38);2-7,17H,1H3,(H2,21,22)(H,25,26);1-3,9,13H,4-5,12H2/t23-;;9-/m1.1/s1. The number of nitrogens with two attached hydrogens (primary N) is 3. The molecule has 4 heterocycles. The van der Waals surface area contributed by atoms with Gasteiger partial charge in [0.25, 0.3) is 5.91 Å². The van der Waals surface area contributed by atoms with E-state index in [1.807, 2.05) is 0 Å². The highest BCUT2D eigenvalue weighted by atomic mass is 19.3. The smallest absolute Gasteiger partial charge is 0.338 e. The summed E-state index contributed by atoms with van der Waals surface area (Å²) in [5, 5.41) is 37.2. The van der Waals surface area contributed by atoms with Crippen LogP contribution in [0, 0.1) is 37.1 Å². The van der Waals surface area contributed by atoms with Crippen LogP contribution < -0.4 is 22.5 Å². The van der Waals surface area contributed by atoms with Crippen molar-refractivity contribution in [3.05, 3.63) is 178 Å². The summed E-state index contributed by atoms with van der Waals surface area (Å²) in [5.41, 5.74) is 20.9. The number of carbonyl (C=O) groups is 2. The second-order valence-electron chi connectivity index (χ2n) is 16.8. The number of alkyl halides is 6. The van der Waals surface area contributed by atoms with E-state index in [1.165, 1.54) is 55.0 Å². The molecule has 0 saturated carbocycles. The van der Waals surface area contributed by atoms with Crippen LogP contribution in [0.2, 0.25) is 0 Å². The number of aliphatic hydroxyl groups is 2. The highest BCUT2D eigenvalue weighted by Crippen LogP contribution is 2.34. The van der Waals surface area contributed by atoms with Crippen LogP contribution in [0.5, 0.6) is 0 Å². The predicted octanol–water partition coefficient (Wildman–Crippen LogP) is 10.1. The number of hydrogen-bond acceptors (Lipinski definition) is 11. The first-order chi connectivity index (χ1) is 36.5. The Morgan fingerprint density at radius 2 is 1.04 bits per heavy atom. The molecule has 404 valence electrons. The Bertz CT molecular complexity index is 3410. The van der Waals surface area contributed by atoms with Gasteiger partial charge in [0.15, 0.2) is 0 Å². The number of rotatable bonds is 15. The zero-order valence-electron chi connectivity index (χ0n) is 40.4. The number of aromatic nitrogens is 6. The first-order valence-electron chi connectivity index (χ1n) is 22.6. The molecule has 25 heteroatoms. The van der Waals surface area contributed by atoms with E-state index in [1.54, 1.807) is 26.0 Å². The fraction of sp³-hybridized carbons (Fsp3) is 0.192. The Labute approximate surface area is 431 Å². The number of anilines is 2. The number of halogens is 10. The van der Waals surface area contributed by atoms with Crippen LogP contribution in [-0.2, 0) is 13.3 Å². The molecule has 0 radical (unpaired) electrons. The van der Waals surface area contributed by atoms with Crippen molar-refractivity contribution in [2.24, 2.45) is 5.73 Å². The van der Waals surface area contributed by atoms with Crippen molar-refractivity contribution in [2.45, 2.75) is 52.4 Å². The Hall–Kier alpha value is -8.68. The number of carbonyl (C=O) groups excluding carboxylic acids is 1. The normalized spacial score (nSPS) is 11.9. The molecule has 0 fully saturated rings. The van der Waals surface area contributed by atoms with Gasteiger partial charge < -0.3 is 37.8 Å². The lowest BCUT2D eigenvalue weighted by Crippen LogP contribution is -2.31. The molecule has 4 aromatic heterocycles. The van der Waals surface area contributed by atoms with Gasteiger partial charge in [-0.05, 0) is 108 Å². The van der Waals surface area contributed by atoms with Gasteiger partial charge in [0.2, 0.25) is 0 Å². The molecule has 1 amide bonds. The van der Waals surface area contributed by atoms with Gasteiger partial charge in [-0.3, -0.25) is 4.79 Å². The zero-order chi connectivity index (χ0) is 56.4.